The van der Waals surface area contributed by atoms with Crippen LogP contribution in [-0.4, -0.2) is 37.5 Å². The minimum atomic E-state index is 0.273. The summed E-state index contributed by atoms with van der Waals surface area (Å²) >= 11 is 0. The molecule has 156 valence electrons. The smallest absolute Gasteiger partial charge is 0.232 e. The molecule has 0 unspecified atom stereocenters. The number of hydrogen-bond acceptors (Lipinski definition) is 8. The molecule has 8 nitrogen and oxygen atoms in total. The standard InChI is InChI=1S/C23H21N5O3/c1-5-15(12-25-2)14-31-20-9-6-16(10-21(20)29-3)27-18-7-8-19-23(17(18)11-24)28-22(30-4)13-26-19/h5-10,12-13,27H,1-2,14H2,3-4H3/b15-12+. The maximum atomic E-state index is 9.72. The Morgan fingerprint density at radius 2 is 2.06 bits per heavy atom. The zero-order valence-electron chi connectivity index (χ0n) is 17.3. The van der Waals surface area contributed by atoms with E-state index in [1.54, 1.807) is 43.7 Å². The van der Waals surface area contributed by atoms with Crippen LogP contribution in [-0.2, 0) is 0 Å². The van der Waals surface area contributed by atoms with E-state index >= 15 is 0 Å². The Hall–Kier alpha value is -4.38. The molecule has 0 aliphatic carbocycles. The predicted molar refractivity (Wildman–Crippen MR) is 120 cm³/mol. The minimum absolute atomic E-state index is 0.273. The Balaban J connectivity index is 1.90. The Bertz CT molecular complexity index is 1200. The molecule has 1 aromatic heterocycles. The molecule has 0 fully saturated rings. The second-order valence-electron chi connectivity index (χ2n) is 6.25. The first kappa shape index (κ1) is 21.3. The summed E-state index contributed by atoms with van der Waals surface area (Å²) in [5.41, 5.74) is 3.50. The van der Waals surface area contributed by atoms with Gasteiger partial charge in [-0.05, 0) is 31.0 Å². The van der Waals surface area contributed by atoms with Gasteiger partial charge >= 0.3 is 0 Å². The SMILES string of the molecule is C=C/C(=C\N=C)COc1ccc(Nc2ccc3ncc(OC)nc3c2C#N)cc1OC. The van der Waals surface area contributed by atoms with Gasteiger partial charge in [0.15, 0.2) is 11.5 Å². The van der Waals surface area contributed by atoms with Crippen molar-refractivity contribution in [2.24, 2.45) is 4.99 Å². The number of fused-ring (bicyclic) bond motifs is 1. The van der Waals surface area contributed by atoms with Crippen LogP contribution in [0.15, 0.2) is 65.9 Å². The van der Waals surface area contributed by atoms with Crippen LogP contribution in [0.2, 0.25) is 0 Å². The van der Waals surface area contributed by atoms with Gasteiger partial charge in [-0.15, -0.1) is 0 Å². The molecule has 1 N–H and O–H groups in total. The van der Waals surface area contributed by atoms with Crippen molar-refractivity contribution in [1.82, 2.24) is 9.97 Å². The number of aliphatic imine (C=N–C) groups is 1. The number of ether oxygens (including phenoxy) is 3. The fourth-order valence-electron chi connectivity index (χ4n) is 2.82. The van der Waals surface area contributed by atoms with Crippen molar-refractivity contribution in [2.75, 3.05) is 26.1 Å². The minimum Gasteiger partial charge on any atom is -0.493 e. The maximum absolute atomic E-state index is 9.72. The van der Waals surface area contributed by atoms with Crippen molar-refractivity contribution in [1.29, 1.82) is 5.26 Å². The quantitative estimate of drug-likeness (QED) is 0.408. The van der Waals surface area contributed by atoms with E-state index in [-0.39, 0.29) is 6.61 Å². The van der Waals surface area contributed by atoms with E-state index in [1.165, 1.54) is 13.3 Å². The summed E-state index contributed by atoms with van der Waals surface area (Å²) in [6.45, 7) is 7.43. The van der Waals surface area contributed by atoms with Gasteiger partial charge in [0, 0.05) is 23.5 Å². The number of aromatic nitrogens is 2. The number of nitrogens with one attached hydrogen (secondary N) is 1. The molecule has 0 radical (unpaired) electrons. The fourth-order valence-corrected chi connectivity index (χ4v) is 2.82. The number of hydrogen-bond donors (Lipinski definition) is 1. The second kappa shape index (κ2) is 9.89. The van der Waals surface area contributed by atoms with E-state index < -0.39 is 0 Å². The van der Waals surface area contributed by atoms with Crippen LogP contribution in [0.1, 0.15) is 5.56 Å². The monoisotopic (exact) mass is 415 g/mol. The molecule has 0 saturated heterocycles. The van der Waals surface area contributed by atoms with Crippen LogP contribution in [0.5, 0.6) is 17.4 Å². The highest BCUT2D eigenvalue weighted by molar-refractivity contribution is 5.88. The van der Waals surface area contributed by atoms with Crippen LogP contribution < -0.4 is 19.5 Å². The molecule has 0 aliphatic rings. The second-order valence-corrected chi connectivity index (χ2v) is 6.25. The summed E-state index contributed by atoms with van der Waals surface area (Å²) in [4.78, 5) is 12.4. The lowest BCUT2D eigenvalue weighted by Crippen LogP contribution is -2.02. The fraction of sp³-hybridized carbons (Fsp3) is 0.130. The predicted octanol–water partition coefficient (Wildman–Crippen LogP) is 4.41. The van der Waals surface area contributed by atoms with E-state index in [0.29, 0.717) is 45.4 Å². The van der Waals surface area contributed by atoms with Gasteiger partial charge in [-0.3, -0.25) is 4.99 Å². The molecule has 0 spiro atoms. The maximum Gasteiger partial charge on any atom is 0.232 e. The van der Waals surface area contributed by atoms with Gasteiger partial charge in [-0.2, -0.15) is 5.26 Å². The van der Waals surface area contributed by atoms with E-state index in [1.807, 2.05) is 6.07 Å². The molecular formula is C23H21N5O3. The molecule has 1 heterocycles. The summed E-state index contributed by atoms with van der Waals surface area (Å²) in [5.74, 6) is 1.42. The molecule has 31 heavy (non-hydrogen) atoms. The van der Waals surface area contributed by atoms with Gasteiger partial charge < -0.3 is 19.5 Å². The van der Waals surface area contributed by atoms with Crippen molar-refractivity contribution in [3.8, 4) is 23.4 Å². The Morgan fingerprint density at radius 1 is 1.23 bits per heavy atom. The van der Waals surface area contributed by atoms with Crippen molar-refractivity contribution in [3.05, 3.63) is 66.5 Å². The number of anilines is 2. The van der Waals surface area contributed by atoms with Gasteiger partial charge in [0.05, 0.1) is 31.6 Å². The average Bonchev–Trinajstić information content (AvgIpc) is 2.81. The lowest BCUT2D eigenvalue weighted by molar-refractivity contribution is 0.321. The number of benzene rings is 2. The number of methoxy groups -OCH3 is 2. The summed E-state index contributed by atoms with van der Waals surface area (Å²) in [5, 5.41) is 13.0. The molecule has 0 bridgehead atoms. The molecule has 2 aromatic carbocycles. The summed E-state index contributed by atoms with van der Waals surface area (Å²) in [6, 6.07) is 11.1. The van der Waals surface area contributed by atoms with Gasteiger partial charge in [-0.25, -0.2) is 9.97 Å². The van der Waals surface area contributed by atoms with Crippen LogP contribution in [0, 0.1) is 11.3 Å². The lowest BCUT2D eigenvalue weighted by Gasteiger charge is -2.14. The molecule has 0 atom stereocenters. The molecule has 0 saturated carbocycles. The number of nitrogens with zero attached hydrogens (tertiary/aromatic N) is 4. The van der Waals surface area contributed by atoms with Crippen molar-refractivity contribution in [3.63, 3.8) is 0 Å². The third-order valence-corrected chi connectivity index (χ3v) is 4.37. The average molecular weight is 415 g/mol. The Kier molecular flexibility index (Phi) is 6.81. The number of nitriles is 1. The highest BCUT2D eigenvalue weighted by Gasteiger charge is 2.13. The van der Waals surface area contributed by atoms with E-state index in [9.17, 15) is 5.26 Å². The molecule has 3 aromatic rings. The van der Waals surface area contributed by atoms with Crippen LogP contribution in [0.3, 0.4) is 0 Å². The van der Waals surface area contributed by atoms with Crippen molar-refractivity contribution >= 4 is 29.1 Å². The zero-order chi connectivity index (χ0) is 22.2. The largest absolute Gasteiger partial charge is 0.493 e. The first-order valence-electron chi connectivity index (χ1n) is 9.22. The Labute approximate surface area is 180 Å². The first-order valence-corrected chi connectivity index (χ1v) is 9.22. The van der Waals surface area contributed by atoms with Gasteiger partial charge in [0.2, 0.25) is 5.88 Å². The molecule has 0 amide bonds. The highest BCUT2D eigenvalue weighted by Crippen LogP contribution is 2.33. The lowest BCUT2D eigenvalue weighted by atomic mass is 10.1. The van der Waals surface area contributed by atoms with Gasteiger partial charge in [0.1, 0.15) is 23.8 Å². The molecule has 0 aliphatic heterocycles. The third kappa shape index (κ3) is 4.79. The van der Waals surface area contributed by atoms with Crippen LogP contribution in [0.4, 0.5) is 11.4 Å². The summed E-state index contributed by atoms with van der Waals surface area (Å²) < 4.78 is 16.4. The van der Waals surface area contributed by atoms with Crippen molar-refractivity contribution < 1.29 is 14.2 Å². The number of rotatable bonds is 9. The van der Waals surface area contributed by atoms with E-state index in [2.05, 4.69) is 39.6 Å². The van der Waals surface area contributed by atoms with E-state index in [4.69, 9.17) is 14.2 Å². The highest BCUT2D eigenvalue weighted by atomic mass is 16.5. The molecular weight excluding hydrogens is 394 g/mol. The Morgan fingerprint density at radius 3 is 2.74 bits per heavy atom. The molecule has 3 rings (SSSR count). The first-order chi connectivity index (χ1) is 15.1. The topological polar surface area (TPSA) is 102 Å². The van der Waals surface area contributed by atoms with Gasteiger partial charge in [-0.1, -0.05) is 12.7 Å². The third-order valence-electron chi connectivity index (χ3n) is 4.37. The normalized spacial score (nSPS) is 10.8. The van der Waals surface area contributed by atoms with Crippen LogP contribution in [0.25, 0.3) is 11.0 Å². The van der Waals surface area contributed by atoms with Crippen molar-refractivity contribution in [2.45, 2.75) is 0 Å². The summed E-state index contributed by atoms with van der Waals surface area (Å²) in [7, 11) is 3.06. The summed E-state index contributed by atoms with van der Waals surface area (Å²) in [6.07, 6.45) is 4.74. The van der Waals surface area contributed by atoms with Gasteiger partial charge in [0.25, 0.3) is 0 Å². The molecule has 8 heteroatoms. The van der Waals surface area contributed by atoms with Crippen LogP contribution >= 0.6 is 0 Å². The van der Waals surface area contributed by atoms with E-state index in [0.717, 1.165) is 5.57 Å². The zero-order valence-corrected chi connectivity index (χ0v) is 17.3.